The van der Waals surface area contributed by atoms with E-state index < -0.39 is 24.1 Å². The SMILES string of the molecule is O=C(NNC(=O)C(O)C(F)(F)F)c1ccsc1. The molecular formula is C8H7F3N2O3S. The molecule has 0 fully saturated rings. The number of aliphatic hydroxyl groups excluding tert-OH is 1. The Labute approximate surface area is 97.2 Å². The molecule has 2 amide bonds. The molecule has 1 unspecified atom stereocenters. The van der Waals surface area contributed by atoms with Gasteiger partial charge in [0.1, 0.15) is 0 Å². The van der Waals surface area contributed by atoms with Gasteiger partial charge in [-0.3, -0.25) is 20.4 Å². The van der Waals surface area contributed by atoms with E-state index in [0.29, 0.717) is 0 Å². The Kier molecular flexibility index (Phi) is 4.07. The molecule has 94 valence electrons. The van der Waals surface area contributed by atoms with Crippen molar-refractivity contribution < 1.29 is 27.9 Å². The first-order chi connectivity index (χ1) is 7.82. The van der Waals surface area contributed by atoms with E-state index in [2.05, 4.69) is 0 Å². The molecule has 1 rings (SSSR count). The van der Waals surface area contributed by atoms with Gasteiger partial charge in [0.05, 0.1) is 5.56 Å². The normalized spacial score (nSPS) is 12.9. The first-order valence-electron chi connectivity index (χ1n) is 4.19. The lowest BCUT2D eigenvalue weighted by Gasteiger charge is -2.14. The van der Waals surface area contributed by atoms with E-state index in [0.717, 1.165) is 0 Å². The third-order valence-electron chi connectivity index (χ3n) is 1.64. The second-order valence-corrected chi connectivity index (χ2v) is 3.68. The lowest BCUT2D eigenvalue weighted by Crippen LogP contribution is -2.50. The summed E-state index contributed by atoms with van der Waals surface area (Å²) < 4.78 is 35.6. The van der Waals surface area contributed by atoms with Crippen molar-refractivity contribution in [1.82, 2.24) is 10.9 Å². The summed E-state index contributed by atoms with van der Waals surface area (Å²) in [6.07, 6.45) is -8.25. The highest BCUT2D eigenvalue weighted by Gasteiger charge is 2.43. The van der Waals surface area contributed by atoms with Gasteiger partial charge in [0.15, 0.2) is 0 Å². The Bertz CT molecular complexity index is 405. The highest BCUT2D eigenvalue weighted by Crippen LogP contribution is 2.19. The zero-order chi connectivity index (χ0) is 13.1. The summed E-state index contributed by atoms with van der Waals surface area (Å²) in [5.74, 6) is -2.52. The van der Waals surface area contributed by atoms with Crippen LogP contribution in [0.2, 0.25) is 0 Å². The standard InChI is InChI=1S/C8H7F3N2O3S/c9-8(10,11)5(14)7(16)13-12-6(15)4-1-2-17-3-4/h1-3,5,14H,(H,12,15)(H,13,16). The lowest BCUT2D eigenvalue weighted by molar-refractivity contribution is -0.205. The maximum Gasteiger partial charge on any atom is 0.423 e. The lowest BCUT2D eigenvalue weighted by atomic mass is 10.3. The van der Waals surface area contributed by atoms with Crippen LogP contribution >= 0.6 is 11.3 Å². The van der Waals surface area contributed by atoms with Crippen molar-refractivity contribution in [3.8, 4) is 0 Å². The molecule has 1 aromatic rings. The maximum absolute atomic E-state index is 11.9. The first-order valence-corrected chi connectivity index (χ1v) is 5.14. The van der Waals surface area contributed by atoms with Crippen molar-refractivity contribution in [1.29, 1.82) is 0 Å². The second kappa shape index (κ2) is 5.15. The number of aliphatic hydroxyl groups is 1. The minimum absolute atomic E-state index is 0.191. The van der Waals surface area contributed by atoms with Crippen LogP contribution in [-0.4, -0.2) is 29.2 Å². The molecule has 0 aromatic carbocycles. The molecule has 0 aliphatic carbocycles. The summed E-state index contributed by atoms with van der Waals surface area (Å²) in [4.78, 5) is 22.0. The average Bonchev–Trinajstić information content (AvgIpc) is 2.76. The zero-order valence-electron chi connectivity index (χ0n) is 8.12. The largest absolute Gasteiger partial charge is 0.423 e. The topological polar surface area (TPSA) is 78.4 Å². The molecule has 0 spiro atoms. The van der Waals surface area contributed by atoms with Gasteiger partial charge in [-0.1, -0.05) is 0 Å². The Balaban J connectivity index is 2.47. The van der Waals surface area contributed by atoms with Crippen molar-refractivity contribution in [2.45, 2.75) is 12.3 Å². The highest BCUT2D eigenvalue weighted by atomic mass is 32.1. The van der Waals surface area contributed by atoms with Crippen LogP contribution in [0, 0.1) is 0 Å². The van der Waals surface area contributed by atoms with Crippen LogP contribution in [0.4, 0.5) is 13.2 Å². The molecule has 3 N–H and O–H groups in total. The first kappa shape index (κ1) is 13.5. The highest BCUT2D eigenvalue weighted by molar-refractivity contribution is 7.08. The summed E-state index contributed by atoms with van der Waals surface area (Å²) >= 11 is 1.21. The summed E-state index contributed by atoms with van der Waals surface area (Å²) in [7, 11) is 0. The molecule has 1 atom stereocenters. The van der Waals surface area contributed by atoms with Crippen molar-refractivity contribution >= 4 is 23.2 Å². The van der Waals surface area contributed by atoms with E-state index >= 15 is 0 Å². The monoisotopic (exact) mass is 268 g/mol. The molecular weight excluding hydrogens is 261 g/mol. The summed E-state index contributed by atoms with van der Waals surface area (Å²) in [5, 5.41) is 11.5. The average molecular weight is 268 g/mol. The number of nitrogens with one attached hydrogen (secondary N) is 2. The third kappa shape index (κ3) is 3.71. The number of carbonyl (C=O) groups excluding carboxylic acids is 2. The van der Waals surface area contributed by atoms with Gasteiger partial charge in [0, 0.05) is 5.38 Å². The van der Waals surface area contributed by atoms with Gasteiger partial charge in [-0.25, -0.2) is 0 Å². The van der Waals surface area contributed by atoms with E-state index in [4.69, 9.17) is 5.11 Å². The fourth-order valence-electron chi connectivity index (χ4n) is 0.801. The molecule has 1 aromatic heterocycles. The number of carbonyl (C=O) groups is 2. The number of hydrazine groups is 1. The predicted octanol–water partition coefficient (Wildman–Crippen LogP) is 0.432. The summed E-state index contributed by atoms with van der Waals surface area (Å²) in [6, 6.07) is 1.42. The van der Waals surface area contributed by atoms with Crippen LogP contribution < -0.4 is 10.9 Å². The van der Waals surface area contributed by atoms with E-state index in [1.165, 1.54) is 28.2 Å². The van der Waals surface area contributed by atoms with Crippen LogP contribution in [0.25, 0.3) is 0 Å². The molecule has 0 saturated heterocycles. The van der Waals surface area contributed by atoms with Crippen LogP contribution in [0.15, 0.2) is 16.8 Å². The van der Waals surface area contributed by atoms with Gasteiger partial charge in [-0.05, 0) is 11.4 Å². The van der Waals surface area contributed by atoms with E-state index in [9.17, 15) is 22.8 Å². The van der Waals surface area contributed by atoms with Crippen LogP contribution in [-0.2, 0) is 4.79 Å². The maximum atomic E-state index is 11.9. The molecule has 0 bridgehead atoms. The van der Waals surface area contributed by atoms with Gasteiger partial charge in [-0.2, -0.15) is 24.5 Å². The van der Waals surface area contributed by atoms with Crippen molar-refractivity contribution in [3.63, 3.8) is 0 Å². The fraction of sp³-hybridized carbons (Fsp3) is 0.250. The number of rotatable bonds is 2. The smallest absolute Gasteiger partial charge is 0.376 e. The predicted molar refractivity (Wildman–Crippen MR) is 52.0 cm³/mol. The minimum Gasteiger partial charge on any atom is -0.376 e. The van der Waals surface area contributed by atoms with Gasteiger partial charge in [-0.15, -0.1) is 0 Å². The van der Waals surface area contributed by atoms with Crippen LogP contribution in [0.3, 0.4) is 0 Å². The number of halogens is 3. The number of hydrogen-bond donors (Lipinski definition) is 3. The van der Waals surface area contributed by atoms with Gasteiger partial charge in [0.2, 0.25) is 6.10 Å². The molecule has 0 aliphatic heterocycles. The number of thiophene rings is 1. The summed E-state index contributed by atoms with van der Waals surface area (Å²) in [5.41, 5.74) is 3.41. The third-order valence-corrected chi connectivity index (χ3v) is 2.32. The second-order valence-electron chi connectivity index (χ2n) is 2.90. The number of hydrogen-bond acceptors (Lipinski definition) is 4. The molecule has 0 aliphatic rings. The van der Waals surface area contributed by atoms with Crippen LogP contribution in [0.5, 0.6) is 0 Å². The summed E-state index contributed by atoms with van der Waals surface area (Å²) in [6.45, 7) is 0. The van der Waals surface area contributed by atoms with Gasteiger partial charge >= 0.3 is 6.18 Å². The zero-order valence-corrected chi connectivity index (χ0v) is 8.93. The molecule has 0 saturated carbocycles. The Morgan fingerprint density at radius 1 is 1.35 bits per heavy atom. The minimum atomic E-state index is -5.07. The quantitative estimate of drug-likeness (QED) is 0.681. The Morgan fingerprint density at radius 3 is 2.47 bits per heavy atom. The molecule has 0 radical (unpaired) electrons. The van der Waals surface area contributed by atoms with Gasteiger partial charge in [0.25, 0.3) is 11.8 Å². The Morgan fingerprint density at radius 2 is 2.00 bits per heavy atom. The van der Waals surface area contributed by atoms with Crippen LogP contribution in [0.1, 0.15) is 10.4 Å². The fourth-order valence-corrected chi connectivity index (χ4v) is 1.44. The number of amides is 2. The van der Waals surface area contributed by atoms with Crippen molar-refractivity contribution in [2.24, 2.45) is 0 Å². The van der Waals surface area contributed by atoms with Crippen molar-refractivity contribution in [3.05, 3.63) is 22.4 Å². The number of alkyl halides is 3. The molecule has 1 heterocycles. The molecule has 5 nitrogen and oxygen atoms in total. The van der Waals surface area contributed by atoms with E-state index in [1.807, 2.05) is 0 Å². The van der Waals surface area contributed by atoms with Crippen molar-refractivity contribution in [2.75, 3.05) is 0 Å². The van der Waals surface area contributed by atoms with Gasteiger partial charge < -0.3 is 5.11 Å². The molecule has 17 heavy (non-hydrogen) atoms. The van der Waals surface area contributed by atoms with E-state index in [1.54, 1.807) is 10.8 Å². The van der Waals surface area contributed by atoms with E-state index in [-0.39, 0.29) is 5.56 Å². The Hall–Kier alpha value is -1.61. The molecule has 9 heteroatoms.